The van der Waals surface area contributed by atoms with Crippen molar-refractivity contribution in [3.8, 4) is 12.3 Å². The number of hydrogen-bond acceptors (Lipinski definition) is 2. The molecule has 0 radical (unpaired) electrons. The molecule has 2 fully saturated rings. The highest BCUT2D eigenvalue weighted by Crippen LogP contribution is 2.65. The number of rotatable bonds is 10. The van der Waals surface area contributed by atoms with Crippen LogP contribution < -0.4 is 0 Å². The quantitative estimate of drug-likeness (QED) is 0.217. The van der Waals surface area contributed by atoms with Crippen LogP contribution in [0.1, 0.15) is 113 Å². The van der Waals surface area contributed by atoms with Gasteiger partial charge in [-0.1, -0.05) is 47.5 Å². The predicted octanol–water partition coefficient (Wildman–Crippen LogP) is 9.57. The summed E-state index contributed by atoms with van der Waals surface area (Å²) in [5.74, 6) is 3.76. The van der Waals surface area contributed by atoms with E-state index in [0.717, 1.165) is 25.7 Å². The summed E-state index contributed by atoms with van der Waals surface area (Å²) in [6.07, 6.45) is 18.1. The van der Waals surface area contributed by atoms with Crippen LogP contribution in [0.25, 0.3) is 0 Å². The molecule has 0 heterocycles. The van der Waals surface area contributed by atoms with Gasteiger partial charge in [0.05, 0.1) is 11.2 Å². The minimum atomic E-state index is -1.99. The third-order valence-electron chi connectivity index (χ3n) is 9.79. The maximum atomic E-state index is 7.71. The fraction of sp³-hybridized carbons (Fsp3) is 0.933. The van der Waals surface area contributed by atoms with E-state index in [-0.39, 0.29) is 21.7 Å². The second kappa shape index (κ2) is 9.99. The Balaban J connectivity index is 2.46. The summed E-state index contributed by atoms with van der Waals surface area (Å²) in [5.41, 5.74) is 0.193. The lowest BCUT2D eigenvalue weighted by molar-refractivity contribution is -0.163. The van der Waals surface area contributed by atoms with Gasteiger partial charge < -0.3 is 8.85 Å². The summed E-state index contributed by atoms with van der Waals surface area (Å²) in [6, 6.07) is 0. The lowest BCUT2D eigenvalue weighted by Crippen LogP contribution is -2.64. The van der Waals surface area contributed by atoms with Gasteiger partial charge in [-0.25, -0.2) is 0 Å². The van der Waals surface area contributed by atoms with Crippen molar-refractivity contribution in [3.05, 3.63) is 0 Å². The first kappa shape index (κ1) is 30.1. The summed E-state index contributed by atoms with van der Waals surface area (Å²) in [6.45, 7) is 28.6. The SMILES string of the molecule is C#CC[C@@](C)(CCCC(C)(C)O[Si](C)(C)C)[C@]1(O[Si](C)(C)C(C)(C)C)CCC[C@@]2(C)CCC[C@H]21. The Kier molecular flexibility index (Phi) is 8.86. The van der Waals surface area contributed by atoms with Crippen molar-refractivity contribution in [2.75, 3.05) is 0 Å². The second-order valence-corrected chi connectivity index (χ2v) is 24.6. The zero-order chi connectivity index (χ0) is 26.3. The Hall–Kier alpha value is -0.0862. The maximum absolute atomic E-state index is 7.71. The van der Waals surface area contributed by atoms with Gasteiger partial charge in [0.15, 0.2) is 16.6 Å². The van der Waals surface area contributed by atoms with Crippen molar-refractivity contribution < 1.29 is 8.85 Å². The van der Waals surface area contributed by atoms with Crippen molar-refractivity contribution in [3.63, 3.8) is 0 Å². The van der Waals surface area contributed by atoms with Gasteiger partial charge in [0.2, 0.25) is 0 Å². The van der Waals surface area contributed by atoms with Gasteiger partial charge >= 0.3 is 0 Å². The van der Waals surface area contributed by atoms with E-state index in [1.807, 2.05) is 0 Å². The number of terminal acetylenes is 1. The molecule has 0 spiro atoms. The van der Waals surface area contributed by atoms with Crippen LogP contribution in [0.5, 0.6) is 0 Å². The largest absolute Gasteiger partial charge is 0.413 e. The zero-order valence-electron chi connectivity index (χ0n) is 25.0. The van der Waals surface area contributed by atoms with E-state index in [9.17, 15) is 0 Å². The molecule has 2 nitrogen and oxygen atoms in total. The smallest absolute Gasteiger partial charge is 0.192 e. The Morgan fingerprint density at radius 3 is 2.03 bits per heavy atom. The highest BCUT2D eigenvalue weighted by molar-refractivity contribution is 6.74. The van der Waals surface area contributed by atoms with E-state index in [2.05, 4.69) is 87.1 Å². The Morgan fingerprint density at radius 1 is 0.912 bits per heavy atom. The van der Waals surface area contributed by atoms with E-state index in [4.69, 9.17) is 15.3 Å². The molecule has 4 heteroatoms. The molecule has 2 aliphatic carbocycles. The Labute approximate surface area is 216 Å². The monoisotopic (exact) mass is 506 g/mol. The van der Waals surface area contributed by atoms with Crippen LogP contribution in [-0.4, -0.2) is 27.8 Å². The molecule has 0 amide bonds. The van der Waals surface area contributed by atoms with Crippen molar-refractivity contribution in [1.29, 1.82) is 0 Å². The van der Waals surface area contributed by atoms with E-state index in [1.54, 1.807) is 0 Å². The molecule has 0 aromatic heterocycles. The first-order chi connectivity index (χ1) is 15.2. The van der Waals surface area contributed by atoms with Gasteiger partial charge in [0.25, 0.3) is 0 Å². The van der Waals surface area contributed by atoms with Crippen LogP contribution >= 0.6 is 0 Å². The van der Waals surface area contributed by atoms with Gasteiger partial charge in [-0.2, -0.15) is 0 Å². The molecule has 34 heavy (non-hydrogen) atoms. The van der Waals surface area contributed by atoms with Crippen LogP contribution in [0.4, 0.5) is 0 Å². The van der Waals surface area contributed by atoms with Crippen LogP contribution in [0, 0.1) is 29.1 Å². The van der Waals surface area contributed by atoms with Crippen LogP contribution in [0.15, 0.2) is 0 Å². The van der Waals surface area contributed by atoms with Gasteiger partial charge in [-0.05, 0) is 108 Å². The van der Waals surface area contributed by atoms with E-state index in [0.29, 0.717) is 11.3 Å². The van der Waals surface area contributed by atoms with Gasteiger partial charge in [0, 0.05) is 11.8 Å². The summed E-state index contributed by atoms with van der Waals surface area (Å²) in [4.78, 5) is 0. The molecule has 0 bridgehead atoms. The topological polar surface area (TPSA) is 18.5 Å². The lowest BCUT2D eigenvalue weighted by Gasteiger charge is -2.62. The molecule has 0 aromatic rings. The fourth-order valence-electron chi connectivity index (χ4n) is 7.29. The molecule has 198 valence electrons. The molecule has 0 N–H and O–H groups in total. The lowest BCUT2D eigenvalue weighted by atomic mass is 9.52. The highest BCUT2D eigenvalue weighted by Gasteiger charge is 2.63. The average Bonchev–Trinajstić information content (AvgIpc) is 3.01. The number of fused-ring (bicyclic) bond motifs is 1. The third kappa shape index (κ3) is 6.42. The van der Waals surface area contributed by atoms with Gasteiger partial charge in [-0.3, -0.25) is 0 Å². The normalized spacial score (nSPS) is 30.5. The molecular weight excluding hydrogens is 449 g/mol. The van der Waals surface area contributed by atoms with E-state index < -0.39 is 16.6 Å². The third-order valence-corrected chi connectivity index (χ3v) is 15.4. The molecule has 2 aliphatic rings. The molecule has 0 saturated heterocycles. The minimum absolute atomic E-state index is 0.0107. The maximum Gasteiger partial charge on any atom is 0.192 e. The molecule has 2 rings (SSSR count). The summed E-state index contributed by atoms with van der Waals surface area (Å²) < 4.78 is 14.3. The Morgan fingerprint density at radius 2 is 1.50 bits per heavy atom. The standard InChI is InChI=1S/C30H58O2Si2/c1-14-19-29(8,23-16-20-27(5,6)31-33(9,10)11)30(32-34(12,13)26(2,3)4)24-17-22-28(7)21-15-18-25(28)30/h1,25H,15-24H2,2-13H3/t25-,28-,29+,30+/m1/s1. The molecule has 0 unspecified atom stereocenters. The van der Waals surface area contributed by atoms with Crippen molar-refractivity contribution in [1.82, 2.24) is 0 Å². The van der Waals surface area contributed by atoms with Gasteiger partial charge in [-0.15, -0.1) is 12.3 Å². The Bertz CT molecular complexity index is 738. The van der Waals surface area contributed by atoms with Gasteiger partial charge in [0.1, 0.15) is 0 Å². The molecular formula is C30H58O2Si2. The van der Waals surface area contributed by atoms with Crippen molar-refractivity contribution in [2.24, 2.45) is 16.7 Å². The summed E-state index contributed by atoms with van der Waals surface area (Å²) in [5, 5.41) is 0.191. The van der Waals surface area contributed by atoms with Crippen molar-refractivity contribution >= 4 is 16.6 Å². The van der Waals surface area contributed by atoms with E-state index in [1.165, 1.54) is 38.5 Å². The molecule has 4 atom stereocenters. The first-order valence-corrected chi connectivity index (χ1v) is 20.4. The first-order valence-electron chi connectivity index (χ1n) is 14.1. The second-order valence-electron chi connectivity index (χ2n) is 15.5. The summed E-state index contributed by atoms with van der Waals surface area (Å²) >= 11 is 0. The minimum Gasteiger partial charge on any atom is -0.413 e. The molecule has 2 saturated carbocycles. The predicted molar refractivity (Wildman–Crippen MR) is 154 cm³/mol. The summed E-state index contributed by atoms with van der Waals surface area (Å²) in [7, 11) is -3.57. The van der Waals surface area contributed by atoms with Crippen molar-refractivity contribution in [2.45, 2.75) is 162 Å². The highest BCUT2D eigenvalue weighted by atomic mass is 28.4. The zero-order valence-corrected chi connectivity index (χ0v) is 27.0. The molecule has 0 aliphatic heterocycles. The number of hydrogen-bond donors (Lipinski definition) is 0. The van der Waals surface area contributed by atoms with Crippen LogP contribution in [-0.2, 0) is 8.85 Å². The fourth-order valence-corrected chi connectivity index (χ4v) is 10.8. The average molecular weight is 507 g/mol. The van der Waals surface area contributed by atoms with E-state index >= 15 is 0 Å². The molecule has 0 aromatic carbocycles. The van der Waals surface area contributed by atoms with Crippen LogP contribution in [0.3, 0.4) is 0 Å². The van der Waals surface area contributed by atoms with Crippen LogP contribution in [0.2, 0.25) is 37.8 Å².